The highest BCUT2D eigenvalue weighted by atomic mass is 16.5. The molecular formula is C18H21NO2. The summed E-state index contributed by atoms with van der Waals surface area (Å²) in [6, 6.07) is 17.7. The van der Waals surface area contributed by atoms with Crippen molar-refractivity contribution in [2.45, 2.75) is 12.3 Å². The van der Waals surface area contributed by atoms with Crippen LogP contribution in [0.2, 0.25) is 0 Å². The van der Waals surface area contributed by atoms with E-state index < -0.39 is 5.41 Å². The normalized spacial score (nSPS) is 13.3. The van der Waals surface area contributed by atoms with Gasteiger partial charge in [-0.25, -0.2) is 0 Å². The Hall–Kier alpha value is -2.29. The van der Waals surface area contributed by atoms with Gasteiger partial charge in [-0.15, -0.1) is 0 Å². The fourth-order valence-electron chi connectivity index (χ4n) is 2.45. The number of carbonyl (C=O) groups is 1. The molecule has 0 saturated heterocycles. The van der Waals surface area contributed by atoms with E-state index >= 15 is 0 Å². The number of anilines is 1. The second-order valence-corrected chi connectivity index (χ2v) is 5.46. The Bertz CT molecular complexity index is 597. The third-order valence-corrected chi connectivity index (χ3v) is 3.75. The van der Waals surface area contributed by atoms with Gasteiger partial charge in [-0.1, -0.05) is 36.4 Å². The molecule has 2 aromatic rings. The first-order chi connectivity index (χ1) is 10.1. The van der Waals surface area contributed by atoms with Crippen molar-refractivity contribution in [3.63, 3.8) is 0 Å². The van der Waals surface area contributed by atoms with E-state index in [9.17, 15) is 4.79 Å². The first-order valence-corrected chi connectivity index (χ1v) is 6.96. The SMILES string of the molecule is COc1cccc(N(C)CC(C)(C=O)c2ccccc2)c1. The molecule has 1 atom stereocenters. The lowest BCUT2D eigenvalue weighted by atomic mass is 9.83. The average Bonchev–Trinajstić information content (AvgIpc) is 2.55. The van der Waals surface area contributed by atoms with Gasteiger partial charge in [-0.2, -0.15) is 0 Å². The molecule has 3 heteroatoms. The van der Waals surface area contributed by atoms with E-state index in [-0.39, 0.29) is 0 Å². The number of likely N-dealkylation sites (N-methyl/N-ethyl adjacent to an activating group) is 1. The summed E-state index contributed by atoms with van der Waals surface area (Å²) in [6.45, 7) is 2.57. The minimum absolute atomic E-state index is 0.543. The van der Waals surface area contributed by atoms with Crippen molar-refractivity contribution in [1.29, 1.82) is 0 Å². The molecule has 0 spiro atoms. The predicted molar refractivity (Wildman–Crippen MR) is 86.1 cm³/mol. The summed E-state index contributed by atoms with van der Waals surface area (Å²) < 4.78 is 5.25. The number of aldehydes is 1. The largest absolute Gasteiger partial charge is 0.497 e. The molecule has 0 aliphatic rings. The Morgan fingerprint density at radius 2 is 1.86 bits per heavy atom. The highest BCUT2D eigenvalue weighted by Gasteiger charge is 2.27. The topological polar surface area (TPSA) is 29.5 Å². The lowest BCUT2D eigenvalue weighted by molar-refractivity contribution is -0.111. The Kier molecular flexibility index (Phi) is 4.63. The minimum atomic E-state index is -0.543. The van der Waals surface area contributed by atoms with Crippen LogP contribution >= 0.6 is 0 Å². The van der Waals surface area contributed by atoms with Crippen molar-refractivity contribution in [1.82, 2.24) is 0 Å². The standard InChI is InChI=1S/C18H21NO2/c1-18(14-20,15-8-5-4-6-9-15)13-19(2)16-10-7-11-17(12-16)21-3/h4-12,14H,13H2,1-3H3. The molecule has 0 aliphatic carbocycles. The van der Waals surface area contributed by atoms with Crippen LogP contribution in [0.5, 0.6) is 5.75 Å². The van der Waals surface area contributed by atoms with Crippen molar-refractivity contribution < 1.29 is 9.53 Å². The Morgan fingerprint density at radius 1 is 1.14 bits per heavy atom. The number of benzene rings is 2. The van der Waals surface area contributed by atoms with Gasteiger partial charge in [0, 0.05) is 25.3 Å². The summed E-state index contributed by atoms with van der Waals surface area (Å²) in [6.07, 6.45) is 1.03. The molecule has 0 bridgehead atoms. The monoisotopic (exact) mass is 283 g/mol. The van der Waals surface area contributed by atoms with Gasteiger partial charge in [0.2, 0.25) is 0 Å². The van der Waals surface area contributed by atoms with Gasteiger partial charge in [-0.05, 0) is 24.6 Å². The van der Waals surface area contributed by atoms with Crippen LogP contribution in [0.15, 0.2) is 54.6 Å². The maximum atomic E-state index is 11.7. The first kappa shape index (κ1) is 15.1. The Morgan fingerprint density at radius 3 is 2.48 bits per heavy atom. The fourth-order valence-corrected chi connectivity index (χ4v) is 2.45. The van der Waals surface area contributed by atoms with Gasteiger partial charge in [0.05, 0.1) is 12.5 Å². The van der Waals surface area contributed by atoms with Gasteiger partial charge in [0.25, 0.3) is 0 Å². The zero-order chi connectivity index (χ0) is 15.3. The van der Waals surface area contributed by atoms with Crippen molar-refractivity contribution in [2.24, 2.45) is 0 Å². The maximum absolute atomic E-state index is 11.7. The molecular weight excluding hydrogens is 262 g/mol. The van der Waals surface area contributed by atoms with Crippen LogP contribution in [-0.4, -0.2) is 27.0 Å². The van der Waals surface area contributed by atoms with Crippen LogP contribution in [0.4, 0.5) is 5.69 Å². The Labute approximate surface area is 126 Å². The third kappa shape index (κ3) is 3.43. The Balaban J connectivity index is 2.23. The number of methoxy groups -OCH3 is 1. The molecule has 0 heterocycles. The molecule has 21 heavy (non-hydrogen) atoms. The molecule has 0 fully saturated rings. The quantitative estimate of drug-likeness (QED) is 0.762. The average molecular weight is 283 g/mol. The second-order valence-electron chi connectivity index (χ2n) is 5.46. The maximum Gasteiger partial charge on any atom is 0.132 e. The second kappa shape index (κ2) is 6.44. The number of ether oxygens (including phenoxy) is 1. The van der Waals surface area contributed by atoms with Crippen LogP contribution in [0.3, 0.4) is 0 Å². The van der Waals surface area contributed by atoms with E-state index in [1.807, 2.05) is 68.6 Å². The molecule has 3 nitrogen and oxygen atoms in total. The number of hydrogen-bond donors (Lipinski definition) is 0. The lowest BCUT2D eigenvalue weighted by Crippen LogP contribution is -2.38. The van der Waals surface area contributed by atoms with Crippen molar-refractivity contribution >= 4 is 12.0 Å². The summed E-state index contributed by atoms with van der Waals surface area (Å²) in [5.74, 6) is 0.812. The van der Waals surface area contributed by atoms with Crippen molar-refractivity contribution in [3.05, 3.63) is 60.2 Å². The van der Waals surface area contributed by atoms with Gasteiger partial charge in [0.15, 0.2) is 0 Å². The molecule has 110 valence electrons. The fraction of sp³-hybridized carbons (Fsp3) is 0.278. The molecule has 0 amide bonds. The highest BCUT2D eigenvalue weighted by Crippen LogP contribution is 2.26. The van der Waals surface area contributed by atoms with Crippen LogP contribution < -0.4 is 9.64 Å². The van der Waals surface area contributed by atoms with E-state index in [1.54, 1.807) is 7.11 Å². The molecule has 1 unspecified atom stereocenters. The van der Waals surface area contributed by atoms with E-state index in [2.05, 4.69) is 4.90 Å². The van der Waals surface area contributed by atoms with Gasteiger partial charge in [0.1, 0.15) is 12.0 Å². The zero-order valence-electron chi connectivity index (χ0n) is 12.7. The summed E-state index contributed by atoms with van der Waals surface area (Å²) in [7, 11) is 3.64. The van der Waals surface area contributed by atoms with Gasteiger partial charge >= 0.3 is 0 Å². The van der Waals surface area contributed by atoms with E-state index in [0.29, 0.717) is 6.54 Å². The van der Waals surface area contributed by atoms with E-state index in [1.165, 1.54) is 0 Å². The van der Waals surface area contributed by atoms with Gasteiger partial charge in [-0.3, -0.25) is 0 Å². The van der Waals surface area contributed by atoms with E-state index in [4.69, 9.17) is 4.74 Å². The number of carbonyl (C=O) groups excluding carboxylic acids is 1. The molecule has 0 saturated carbocycles. The summed E-state index contributed by atoms with van der Waals surface area (Å²) in [5.41, 5.74) is 1.51. The molecule has 0 N–H and O–H groups in total. The molecule has 0 aliphatic heterocycles. The van der Waals surface area contributed by atoms with Crippen LogP contribution in [0.1, 0.15) is 12.5 Å². The van der Waals surface area contributed by atoms with Crippen LogP contribution in [-0.2, 0) is 10.2 Å². The minimum Gasteiger partial charge on any atom is -0.497 e. The number of hydrogen-bond acceptors (Lipinski definition) is 3. The third-order valence-electron chi connectivity index (χ3n) is 3.75. The summed E-state index contributed by atoms with van der Waals surface area (Å²) >= 11 is 0. The summed E-state index contributed by atoms with van der Waals surface area (Å²) in [5, 5.41) is 0. The predicted octanol–water partition coefficient (Wildman–Crippen LogP) is 3.29. The van der Waals surface area contributed by atoms with Crippen LogP contribution in [0.25, 0.3) is 0 Å². The van der Waals surface area contributed by atoms with E-state index in [0.717, 1.165) is 23.3 Å². The molecule has 0 radical (unpaired) electrons. The first-order valence-electron chi connectivity index (χ1n) is 6.96. The zero-order valence-corrected chi connectivity index (χ0v) is 12.7. The smallest absolute Gasteiger partial charge is 0.132 e. The lowest BCUT2D eigenvalue weighted by Gasteiger charge is -2.31. The number of rotatable bonds is 6. The highest BCUT2D eigenvalue weighted by molar-refractivity contribution is 5.69. The number of nitrogens with zero attached hydrogens (tertiary/aromatic N) is 1. The van der Waals surface area contributed by atoms with Crippen LogP contribution in [0, 0.1) is 0 Å². The van der Waals surface area contributed by atoms with Gasteiger partial charge < -0.3 is 14.4 Å². The molecule has 2 aromatic carbocycles. The molecule has 0 aromatic heterocycles. The summed E-state index contributed by atoms with van der Waals surface area (Å²) in [4.78, 5) is 13.7. The van der Waals surface area contributed by atoms with Crippen molar-refractivity contribution in [2.75, 3.05) is 25.6 Å². The van der Waals surface area contributed by atoms with Crippen molar-refractivity contribution in [3.8, 4) is 5.75 Å². The molecule has 2 rings (SSSR count).